The average molecular weight is 334 g/mol. The van der Waals surface area contributed by atoms with Gasteiger partial charge in [0, 0.05) is 22.7 Å². The van der Waals surface area contributed by atoms with Crippen molar-refractivity contribution in [3.05, 3.63) is 77.9 Å². The molecule has 0 aliphatic heterocycles. The van der Waals surface area contributed by atoms with Crippen molar-refractivity contribution in [3.8, 4) is 23.1 Å². The smallest absolute Gasteiger partial charge is 0.219 e. The maximum atomic E-state index is 5.88. The molecule has 4 rings (SSSR count). The molecule has 116 valence electrons. The summed E-state index contributed by atoms with van der Waals surface area (Å²) in [6.45, 7) is 0. The second-order valence-corrected chi connectivity index (χ2v) is 5.61. The van der Waals surface area contributed by atoms with Gasteiger partial charge < -0.3 is 4.74 Å². The van der Waals surface area contributed by atoms with Crippen molar-refractivity contribution in [1.29, 1.82) is 0 Å². The third-order valence-corrected chi connectivity index (χ3v) is 3.73. The van der Waals surface area contributed by atoms with E-state index in [-0.39, 0.29) is 0 Å². The van der Waals surface area contributed by atoms with Gasteiger partial charge >= 0.3 is 0 Å². The van der Waals surface area contributed by atoms with E-state index in [1.807, 2.05) is 36.4 Å². The van der Waals surface area contributed by atoms with E-state index in [4.69, 9.17) is 16.3 Å². The van der Waals surface area contributed by atoms with Crippen LogP contribution in [0.1, 0.15) is 0 Å². The first kappa shape index (κ1) is 14.6. The highest BCUT2D eigenvalue weighted by atomic mass is 35.5. The summed E-state index contributed by atoms with van der Waals surface area (Å²) in [4.78, 5) is 13.4. The molecule has 0 fully saturated rings. The maximum absolute atomic E-state index is 5.88. The van der Waals surface area contributed by atoms with Crippen LogP contribution in [0.15, 0.2) is 72.9 Å². The van der Waals surface area contributed by atoms with Gasteiger partial charge in [0.1, 0.15) is 11.4 Å². The molecule has 0 aliphatic carbocycles. The van der Waals surface area contributed by atoms with Crippen LogP contribution in [0, 0.1) is 0 Å². The molecule has 4 aromatic rings. The fourth-order valence-electron chi connectivity index (χ4n) is 2.32. The SMILES string of the molecule is Clc1ccc(Oc2cccc(-c3ncc4ccccc4n3)n2)cc1. The van der Waals surface area contributed by atoms with Crippen molar-refractivity contribution < 1.29 is 4.74 Å². The number of hydrogen-bond acceptors (Lipinski definition) is 4. The van der Waals surface area contributed by atoms with Crippen molar-refractivity contribution in [2.75, 3.05) is 0 Å². The monoisotopic (exact) mass is 333 g/mol. The summed E-state index contributed by atoms with van der Waals surface area (Å²) in [6.07, 6.45) is 1.80. The van der Waals surface area contributed by atoms with E-state index in [2.05, 4.69) is 15.0 Å². The van der Waals surface area contributed by atoms with E-state index >= 15 is 0 Å². The molecule has 0 bridgehead atoms. The lowest BCUT2D eigenvalue weighted by molar-refractivity contribution is 0.463. The van der Waals surface area contributed by atoms with Crippen LogP contribution in [0.3, 0.4) is 0 Å². The standard InChI is InChI=1S/C19H12ClN3O/c20-14-8-10-15(11-9-14)24-18-7-3-6-17(22-18)19-21-12-13-4-1-2-5-16(13)23-19/h1-12H. The molecule has 5 heteroatoms. The molecule has 0 unspecified atom stereocenters. The number of nitrogens with zero attached hydrogens (tertiary/aromatic N) is 3. The van der Waals surface area contributed by atoms with Crippen molar-refractivity contribution in [2.24, 2.45) is 0 Å². The van der Waals surface area contributed by atoms with Gasteiger partial charge in [-0.05, 0) is 36.4 Å². The van der Waals surface area contributed by atoms with Gasteiger partial charge in [-0.2, -0.15) is 0 Å². The zero-order chi connectivity index (χ0) is 16.4. The van der Waals surface area contributed by atoms with Crippen LogP contribution in [0.25, 0.3) is 22.4 Å². The van der Waals surface area contributed by atoms with Gasteiger partial charge in [-0.3, -0.25) is 0 Å². The number of pyridine rings is 1. The third-order valence-electron chi connectivity index (χ3n) is 3.48. The molecule has 2 heterocycles. The zero-order valence-corrected chi connectivity index (χ0v) is 13.3. The predicted molar refractivity (Wildman–Crippen MR) is 94.3 cm³/mol. The Morgan fingerprint density at radius 3 is 2.50 bits per heavy atom. The molecule has 0 N–H and O–H groups in total. The minimum Gasteiger partial charge on any atom is -0.439 e. The Hall–Kier alpha value is -2.98. The maximum Gasteiger partial charge on any atom is 0.219 e. The van der Waals surface area contributed by atoms with Gasteiger partial charge in [-0.1, -0.05) is 35.9 Å². The summed E-state index contributed by atoms with van der Waals surface area (Å²) in [5.41, 5.74) is 1.54. The molecule has 0 saturated heterocycles. The van der Waals surface area contributed by atoms with Gasteiger partial charge in [-0.15, -0.1) is 0 Å². The lowest BCUT2D eigenvalue weighted by Crippen LogP contribution is -1.94. The van der Waals surface area contributed by atoms with E-state index in [1.54, 1.807) is 36.5 Å². The van der Waals surface area contributed by atoms with Crippen LogP contribution < -0.4 is 4.74 Å². The van der Waals surface area contributed by atoms with Crippen LogP contribution >= 0.6 is 11.6 Å². The molecule has 0 atom stereocenters. The van der Waals surface area contributed by atoms with Crippen molar-refractivity contribution in [3.63, 3.8) is 0 Å². The van der Waals surface area contributed by atoms with Crippen LogP contribution in [0.4, 0.5) is 0 Å². The highest BCUT2D eigenvalue weighted by Gasteiger charge is 2.07. The largest absolute Gasteiger partial charge is 0.439 e. The first-order chi connectivity index (χ1) is 11.8. The number of fused-ring (bicyclic) bond motifs is 1. The molecule has 0 saturated carbocycles. The number of ether oxygens (including phenoxy) is 1. The summed E-state index contributed by atoms with van der Waals surface area (Å²) < 4.78 is 5.76. The minimum atomic E-state index is 0.478. The number of halogens is 1. The van der Waals surface area contributed by atoms with E-state index < -0.39 is 0 Å². The number of benzene rings is 2. The Morgan fingerprint density at radius 2 is 1.62 bits per heavy atom. The molecular weight excluding hydrogens is 322 g/mol. The number of hydrogen-bond donors (Lipinski definition) is 0. The van der Waals surface area contributed by atoms with Gasteiger partial charge in [-0.25, -0.2) is 15.0 Å². The second-order valence-electron chi connectivity index (χ2n) is 5.17. The van der Waals surface area contributed by atoms with Gasteiger partial charge in [0.05, 0.1) is 5.52 Å². The Kier molecular flexibility index (Phi) is 3.81. The topological polar surface area (TPSA) is 47.9 Å². The summed E-state index contributed by atoms with van der Waals surface area (Å²) in [7, 11) is 0. The molecule has 2 aromatic heterocycles. The molecule has 0 amide bonds. The fraction of sp³-hybridized carbons (Fsp3) is 0. The number of rotatable bonds is 3. The first-order valence-corrected chi connectivity index (χ1v) is 7.78. The normalized spacial score (nSPS) is 10.7. The van der Waals surface area contributed by atoms with Crippen molar-refractivity contribution in [1.82, 2.24) is 15.0 Å². The Balaban J connectivity index is 1.67. The lowest BCUT2D eigenvalue weighted by Gasteiger charge is -2.06. The third kappa shape index (κ3) is 3.05. The lowest BCUT2D eigenvalue weighted by atomic mass is 10.2. The quantitative estimate of drug-likeness (QED) is 0.521. The Bertz CT molecular complexity index is 1000. The van der Waals surface area contributed by atoms with Crippen LogP contribution in [0.2, 0.25) is 5.02 Å². The van der Waals surface area contributed by atoms with Gasteiger partial charge in [0.2, 0.25) is 5.88 Å². The molecule has 2 aromatic carbocycles. The highest BCUT2D eigenvalue weighted by molar-refractivity contribution is 6.30. The number of para-hydroxylation sites is 1. The van der Waals surface area contributed by atoms with Gasteiger partial charge in [0.25, 0.3) is 0 Å². The summed E-state index contributed by atoms with van der Waals surface area (Å²) in [5, 5.41) is 1.66. The molecule has 0 aliphatic rings. The minimum absolute atomic E-state index is 0.478. The summed E-state index contributed by atoms with van der Waals surface area (Å²) >= 11 is 5.88. The summed E-state index contributed by atoms with van der Waals surface area (Å²) in [5.74, 6) is 1.71. The first-order valence-electron chi connectivity index (χ1n) is 7.40. The Morgan fingerprint density at radius 1 is 0.792 bits per heavy atom. The van der Waals surface area contributed by atoms with E-state index in [0.717, 1.165) is 10.9 Å². The fourth-order valence-corrected chi connectivity index (χ4v) is 2.44. The van der Waals surface area contributed by atoms with E-state index in [0.29, 0.717) is 28.2 Å². The summed E-state index contributed by atoms with van der Waals surface area (Å²) in [6, 6.07) is 20.5. The van der Waals surface area contributed by atoms with Crippen LogP contribution in [0.5, 0.6) is 11.6 Å². The van der Waals surface area contributed by atoms with Crippen LogP contribution in [-0.4, -0.2) is 15.0 Å². The van der Waals surface area contributed by atoms with Crippen molar-refractivity contribution >= 4 is 22.5 Å². The predicted octanol–water partition coefficient (Wildman–Crippen LogP) is 5.14. The number of aromatic nitrogens is 3. The molecule has 4 nitrogen and oxygen atoms in total. The van der Waals surface area contributed by atoms with Gasteiger partial charge in [0.15, 0.2) is 5.82 Å². The van der Waals surface area contributed by atoms with E-state index in [9.17, 15) is 0 Å². The molecular formula is C19H12ClN3O. The second kappa shape index (κ2) is 6.26. The molecule has 0 radical (unpaired) electrons. The van der Waals surface area contributed by atoms with Crippen LogP contribution in [-0.2, 0) is 0 Å². The zero-order valence-electron chi connectivity index (χ0n) is 12.6. The van der Waals surface area contributed by atoms with Crippen molar-refractivity contribution in [2.45, 2.75) is 0 Å². The van der Waals surface area contributed by atoms with E-state index in [1.165, 1.54) is 0 Å². The Labute approximate surface area is 143 Å². The highest BCUT2D eigenvalue weighted by Crippen LogP contribution is 2.24. The average Bonchev–Trinajstić information content (AvgIpc) is 2.63. The molecule has 24 heavy (non-hydrogen) atoms. The molecule has 0 spiro atoms.